The maximum atomic E-state index is 12.3. The molecule has 0 aliphatic heterocycles. The van der Waals surface area contributed by atoms with E-state index in [4.69, 9.17) is 10.5 Å². The van der Waals surface area contributed by atoms with Crippen molar-refractivity contribution in [2.75, 3.05) is 12.3 Å². The third-order valence-electron chi connectivity index (χ3n) is 3.62. The first-order valence-corrected chi connectivity index (χ1v) is 7.13. The lowest BCUT2D eigenvalue weighted by Gasteiger charge is -2.28. The molecular formula is C15H22N2O3. The number of carbonyl (C=O) groups excluding carboxylic acids is 1. The Hall–Kier alpha value is -1.75. The summed E-state index contributed by atoms with van der Waals surface area (Å²) in [4.78, 5) is 12.3. The number of para-hydroxylation sites is 1. The zero-order valence-corrected chi connectivity index (χ0v) is 11.8. The Bertz CT molecular complexity index is 476. The number of amides is 1. The van der Waals surface area contributed by atoms with Crippen molar-refractivity contribution >= 4 is 11.6 Å². The molecule has 1 aromatic rings. The van der Waals surface area contributed by atoms with Crippen molar-refractivity contribution in [3.63, 3.8) is 0 Å². The van der Waals surface area contributed by atoms with Crippen LogP contribution in [0.2, 0.25) is 0 Å². The summed E-state index contributed by atoms with van der Waals surface area (Å²) in [5, 5.41) is 12.8. The highest BCUT2D eigenvalue weighted by Gasteiger charge is 2.26. The van der Waals surface area contributed by atoms with Gasteiger partial charge < -0.3 is 20.9 Å². The zero-order chi connectivity index (χ0) is 14.5. The van der Waals surface area contributed by atoms with Gasteiger partial charge >= 0.3 is 0 Å². The van der Waals surface area contributed by atoms with Crippen LogP contribution in [0, 0.1) is 0 Å². The molecule has 1 aromatic carbocycles. The summed E-state index contributed by atoms with van der Waals surface area (Å²) >= 11 is 0. The molecule has 0 spiro atoms. The van der Waals surface area contributed by atoms with Gasteiger partial charge in [0.1, 0.15) is 0 Å². The summed E-state index contributed by atoms with van der Waals surface area (Å²) in [5.74, 6) is 0.171. The number of ether oxygens (including phenoxy) is 1. The van der Waals surface area contributed by atoms with Crippen LogP contribution in [0.3, 0.4) is 0 Å². The van der Waals surface area contributed by atoms with E-state index < -0.39 is 6.10 Å². The van der Waals surface area contributed by atoms with Gasteiger partial charge in [0.05, 0.1) is 30.0 Å². The molecule has 1 fully saturated rings. The van der Waals surface area contributed by atoms with Gasteiger partial charge in [0.15, 0.2) is 5.75 Å². The Kier molecular flexibility index (Phi) is 4.84. The van der Waals surface area contributed by atoms with Crippen molar-refractivity contribution < 1.29 is 14.6 Å². The highest BCUT2D eigenvalue weighted by Crippen LogP contribution is 2.27. The SMILES string of the molecule is CCOc1c(N)cccc1C(=O)N[C@@H]1CCCC[C@H]1O. The van der Waals surface area contributed by atoms with Gasteiger partial charge in [0, 0.05) is 0 Å². The van der Waals surface area contributed by atoms with E-state index in [0.717, 1.165) is 25.7 Å². The molecule has 2 rings (SSSR count). The molecule has 1 saturated carbocycles. The second kappa shape index (κ2) is 6.61. The average Bonchev–Trinajstić information content (AvgIpc) is 2.43. The summed E-state index contributed by atoms with van der Waals surface area (Å²) in [6.07, 6.45) is 3.11. The maximum absolute atomic E-state index is 12.3. The number of anilines is 1. The normalized spacial score (nSPS) is 22.3. The largest absolute Gasteiger partial charge is 0.491 e. The molecule has 4 N–H and O–H groups in total. The Morgan fingerprint density at radius 1 is 1.45 bits per heavy atom. The minimum atomic E-state index is -0.468. The van der Waals surface area contributed by atoms with Crippen LogP contribution in [0.25, 0.3) is 0 Å². The van der Waals surface area contributed by atoms with Crippen LogP contribution >= 0.6 is 0 Å². The van der Waals surface area contributed by atoms with Gasteiger partial charge in [0.25, 0.3) is 5.91 Å². The van der Waals surface area contributed by atoms with E-state index in [1.54, 1.807) is 18.2 Å². The number of hydrogen-bond donors (Lipinski definition) is 3. The smallest absolute Gasteiger partial charge is 0.255 e. The van der Waals surface area contributed by atoms with Gasteiger partial charge in [-0.15, -0.1) is 0 Å². The fraction of sp³-hybridized carbons (Fsp3) is 0.533. The molecule has 0 saturated heterocycles. The predicted octanol–water partition coefficient (Wildman–Crippen LogP) is 1.70. The van der Waals surface area contributed by atoms with E-state index >= 15 is 0 Å². The van der Waals surface area contributed by atoms with Gasteiger partial charge in [-0.25, -0.2) is 0 Å². The third kappa shape index (κ3) is 3.22. The van der Waals surface area contributed by atoms with Crippen molar-refractivity contribution in [2.45, 2.75) is 44.8 Å². The molecule has 0 aromatic heterocycles. The molecule has 5 nitrogen and oxygen atoms in total. The monoisotopic (exact) mass is 278 g/mol. The van der Waals surface area contributed by atoms with Crippen LogP contribution in [0.15, 0.2) is 18.2 Å². The van der Waals surface area contributed by atoms with Crippen LogP contribution in [-0.2, 0) is 0 Å². The van der Waals surface area contributed by atoms with E-state index in [0.29, 0.717) is 23.6 Å². The number of benzene rings is 1. The number of hydrogen-bond acceptors (Lipinski definition) is 4. The van der Waals surface area contributed by atoms with Gasteiger partial charge in [-0.3, -0.25) is 4.79 Å². The minimum absolute atomic E-state index is 0.188. The van der Waals surface area contributed by atoms with E-state index in [1.165, 1.54) is 0 Å². The lowest BCUT2D eigenvalue weighted by atomic mass is 9.92. The van der Waals surface area contributed by atoms with Gasteiger partial charge in [-0.05, 0) is 31.9 Å². The average molecular weight is 278 g/mol. The van der Waals surface area contributed by atoms with Gasteiger partial charge in [-0.1, -0.05) is 18.9 Å². The van der Waals surface area contributed by atoms with Crippen molar-refractivity contribution in [3.05, 3.63) is 23.8 Å². The summed E-state index contributed by atoms with van der Waals surface area (Å²) in [7, 11) is 0. The molecule has 110 valence electrons. The summed E-state index contributed by atoms with van der Waals surface area (Å²) in [5.41, 5.74) is 6.72. The van der Waals surface area contributed by atoms with Gasteiger partial charge in [0.2, 0.25) is 0 Å². The first kappa shape index (κ1) is 14.7. The molecule has 0 heterocycles. The number of nitrogen functional groups attached to an aromatic ring is 1. The van der Waals surface area contributed by atoms with Crippen LogP contribution in [-0.4, -0.2) is 29.8 Å². The number of aliphatic hydroxyl groups is 1. The maximum Gasteiger partial charge on any atom is 0.255 e. The van der Waals surface area contributed by atoms with Crippen LogP contribution in [0.5, 0.6) is 5.75 Å². The Balaban J connectivity index is 2.14. The molecule has 1 aliphatic carbocycles. The molecule has 20 heavy (non-hydrogen) atoms. The Morgan fingerprint density at radius 3 is 2.90 bits per heavy atom. The van der Waals surface area contributed by atoms with Crippen LogP contribution in [0.1, 0.15) is 43.0 Å². The fourth-order valence-corrected chi connectivity index (χ4v) is 2.56. The molecule has 1 amide bonds. The standard InChI is InChI=1S/C15H22N2O3/c1-2-20-14-10(6-5-7-11(14)16)15(19)17-12-8-3-4-9-13(12)18/h5-7,12-13,18H,2-4,8-9,16H2,1H3,(H,17,19)/t12-,13-/m1/s1. The second-order valence-corrected chi connectivity index (χ2v) is 5.09. The first-order chi connectivity index (χ1) is 9.63. The number of aliphatic hydroxyl groups excluding tert-OH is 1. The zero-order valence-electron chi connectivity index (χ0n) is 11.8. The molecule has 1 aliphatic rings. The number of carbonyl (C=O) groups is 1. The van der Waals surface area contributed by atoms with Crippen molar-refractivity contribution in [2.24, 2.45) is 0 Å². The van der Waals surface area contributed by atoms with Crippen LogP contribution < -0.4 is 15.8 Å². The van der Waals surface area contributed by atoms with Crippen LogP contribution in [0.4, 0.5) is 5.69 Å². The third-order valence-corrected chi connectivity index (χ3v) is 3.62. The topological polar surface area (TPSA) is 84.6 Å². The molecule has 2 atom stereocenters. The van der Waals surface area contributed by atoms with E-state index in [-0.39, 0.29) is 11.9 Å². The quantitative estimate of drug-likeness (QED) is 0.732. The van der Waals surface area contributed by atoms with Crippen molar-refractivity contribution in [1.82, 2.24) is 5.32 Å². The summed E-state index contributed by atoms with van der Waals surface area (Å²) in [6.45, 7) is 2.29. The fourth-order valence-electron chi connectivity index (χ4n) is 2.56. The Morgan fingerprint density at radius 2 is 2.20 bits per heavy atom. The Labute approximate surface area is 119 Å². The van der Waals surface area contributed by atoms with Gasteiger partial charge in [-0.2, -0.15) is 0 Å². The highest BCUT2D eigenvalue weighted by atomic mass is 16.5. The number of nitrogens with one attached hydrogen (secondary N) is 1. The second-order valence-electron chi connectivity index (χ2n) is 5.09. The molecule has 5 heteroatoms. The predicted molar refractivity (Wildman–Crippen MR) is 77.8 cm³/mol. The molecular weight excluding hydrogens is 256 g/mol. The van der Waals surface area contributed by atoms with Crippen molar-refractivity contribution in [3.8, 4) is 5.75 Å². The molecule has 0 bridgehead atoms. The first-order valence-electron chi connectivity index (χ1n) is 7.13. The van der Waals surface area contributed by atoms with Crippen molar-refractivity contribution in [1.29, 1.82) is 0 Å². The van der Waals surface area contributed by atoms with E-state index in [1.807, 2.05) is 6.92 Å². The minimum Gasteiger partial charge on any atom is -0.491 e. The lowest BCUT2D eigenvalue weighted by Crippen LogP contribution is -2.45. The number of nitrogens with two attached hydrogens (primary N) is 1. The highest BCUT2D eigenvalue weighted by molar-refractivity contribution is 5.98. The summed E-state index contributed by atoms with van der Waals surface area (Å²) < 4.78 is 5.46. The number of rotatable bonds is 4. The van der Waals surface area contributed by atoms with E-state index in [2.05, 4.69) is 5.32 Å². The lowest BCUT2D eigenvalue weighted by molar-refractivity contribution is 0.0715. The summed E-state index contributed by atoms with van der Waals surface area (Å²) in [6, 6.07) is 4.93. The van der Waals surface area contributed by atoms with E-state index in [9.17, 15) is 9.90 Å². The molecule has 0 radical (unpaired) electrons. The molecule has 0 unspecified atom stereocenters.